The van der Waals surface area contributed by atoms with Crippen LogP contribution in [0.25, 0.3) is 0 Å². The Hall–Kier alpha value is -0.780. The molecule has 0 fully saturated rings. The van der Waals surface area contributed by atoms with Crippen LogP contribution >= 0.6 is 27.3 Å². The van der Waals surface area contributed by atoms with Gasteiger partial charge in [0.05, 0.1) is 3.79 Å². The molecule has 1 atom stereocenters. The van der Waals surface area contributed by atoms with Crippen LogP contribution in [0.15, 0.2) is 28.1 Å². The summed E-state index contributed by atoms with van der Waals surface area (Å²) in [4.78, 5) is 1.20. The molecule has 2 aromatic rings. The summed E-state index contributed by atoms with van der Waals surface area (Å²) >= 11 is 5.20. The third kappa shape index (κ3) is 3.65. The average Bonchev–Trinajstić information content (AvgIpc) is 2.73. The van der Waals surface area contributed by atoms with Crippen LogP contribution in [0, 0.1) is 18.6 Å². The lowest BCUT2D eigenvalue weighted by atomic mass is 10.0. The Bertz CT molecular complexity index is 578. The molecule has 1 aromatic carbocycles. The van der Waals surface area contributed by atoms with E-state index in [9.17, 15) is 8.78 Å². The first-order valence-electron chi connectivity index (χ1n) is 6.44. The molecule has 108 valence electrons. The normalized spacial score (nSPS) is 12.7. The zero-order chi connectivity index (χ0) is 14.7. The molecular weight excluding hydrogens is 344 g/mol. The molecule has 1 N–H and O–H groups in total. The predicted molar refractivity (Wildman–Crippen MR) is 83.2 cm³/mol. The van der Waals surface area contributed by atoms with Crippen LogP contribution in [0.3, 0.4) is 0 Å². The van der Waals surface area contributed by atoms with Gasteiger partial charge in [0.25, 0.3) is 0 Å². The van der Waals surface area contributed by atoms with E-state index in [1.165, 1.54) is 22.6 Å². The van der Waals surface area contributed by atoms with E-state index in [0.29, 0.717) is 6.42 Å². The molecular formula is C15H16BrF2NS. The fraction of sp³-hybridized carbons (Fsp3) is 0.333. The van der Waals surface area contributed by atoms with Crippen LogP contribution in [0.4, 0.5) is 8.78 Å². The standard InChI is InChI=1S/C15H16BrF2NS/c1-3-19-13(14-6-9(2)15(16)20-14)8-10-4-5-11(17)12(18)7-10/h4-7,13,19H,3,8H2,1-2H3. The van der Waals surface area contributed by atoms with Crippen molar-refractivity contribution in [3.05, 3.63) is 55.7 Å². The van der Waals surface area contributed by atoms with Gasteiger partial charge >= 0.3 is 0 Å². The molecule has 0 radical (unpaired) electrons. The van der Waals surface area contributed by atoms with Gasteiger partial charge in [0.15, 0.2) is 11.6 Å². The molecule has 1 unspecified atom stereocenters. The second-order valence-corrected chi connectivity index (χ2v) is 7.07. The van der Waals surface area contributed by atoms with Gasteiger partial charge in [-0.2, -0.15) is 0 Å². The van der Waals surface area contributed by atoms with E-state index in [1.807, 2.05) is 13.8 Å². The van der Waals surface area contributed by atoms with Gasteiger partial charge in [-0.25, -0.2) is 8.78 Å². The minimum Gasteiger partial charge on any atom is -0.309 e. The highest BCUT2D eigenvalue weighted by atomic mass is 79.9. The molecule has 0 saturated heterocycles. The Morgan fingerprint density at radius 1 is 1.25 bits per heavy atom. The molecule has 0 aliphatic heterocycles. The van der Waals surface area contributed by atoms with Crippen molar-refractivity contribution in [2.45, 2.75) is 26.3 Å². The second kappa shape index (κ2) is 6.78. The summed E-state index contributed by atoms with van der Waals surface area (Å²) in [7, 11) is 0. The van der Waals surface area contributed by atoms with Crippen molar-refractivity contribution in [1.29, 1.82) is 0 Å². The maximum absolute atomic E-state index is 13.3. The third-order valence-corrected chi connectivity index (χ3v) is 5.34. The molecule has 0 bridgehead atoms. The summed E-state index contributed by atoms with van der Waals surface area (Å²) < 4.78 is 27.4. The number of thiophene rings is 1. The third-order valence-electron chi connectivity index (χ3n) is 3.09. The van der Waals surface area contributed by atoms with Crippen molar-refractivity contribution in [2.24, 2.45) is 0 Å². The first kappa shape index (κ1) is 15.6. The van der Waals surface area contributed by atoms with Gasteiger partial charge in [0.2, 0.25) is 0 Å². The van der Waals surface area contributed by atoms with E-state index in [2.05, 4.69) is 27.3 Å². The Balaban J connectivity index is 2.22. The monoisotopic (exact) mass is 359 g/mol. The fourth-order valence-electron chi connectivity index (χ4n) is 2.08. The lowest BCUT2D eigenvalue weighted by Crippen LogP contribution is -2.22. The van der Waals surface area contributed by atoms with Crippen molar-refractivity contribution in [1.82, 2.24) is 5.32 Å². The van der Waals surface area contributed by atoms with Gasteiger partial charge in [-0.1, -0.05) is 13.0 Å². The van der Waals surface area contributed by atoms with Gasteiger partial charge in [-0.05, 0) is 65.1 Å². The Morgan fingerprint density at radius 2 is 2.00 bits per heavy atom. The van der Waals surface area contributed by atoms with Crippen LogP contribution in [-0.2, 0) is 6.42 Å². The first-order chi connectivity index (χ1) is 9.51. The molecule has 2 rings (SSSR count). The second-order valence-electron chi connectivity index (χ2n) is 4.67. The molecule has 0 spiro atoms. The maximum Gasteiger partial charge on any atom is 0.159 e. The molecule has 1 nitrogen and oxygen atoms in total. The number of aryl methyl sites for hydroxylation is 1. The van der Waals surface area contributed by atoms with Crippen molar-refractivity contribution >= 4 is 27.3 Å². The van der Waals surface area contributed by atoms with Crippen LogP contribution in [0.5, 0.6) is 0 Å². The molecule has 0 saturated carbocycles. The van der Waals surface area contributed by atoms with E-state index in [-0.39, 0.29) is 6.04 Å². The molecule has 1 aromatic heterocycles. The van der Waals surface area contributed by atoms with E-state index in [1.54, 1.807) is 17.4 Å². The quantitative estimate of drug-likeness (QED) is 0.792. The summed E-state index contributed by atoms with van der Waals surface area (Å²) in [5.74, 6) is -1.59. The zero-order valence-electron chi connectivity index (χ0n) is 11.3. The molecule has 5 heteroatoms. The van der Waals surface area contributed by atoms with Gasteiger partial charge < -0.3 is 5.32 Å². The van der Waals surface area contributed by atoms with E-state index < -0.39 is 11.6 Å². The summed E-state index contributed by atoms with van der Waals surface area (Å²) in [5.41, 5.74) is 1.98. The Morgan fingerprint density at radius 3 is 2.55 bits per heavy atom. The molecule has 0 amide bonds. The van der Waals surface area contributed by atoms with Crippen LogP contribution in [0.1, 0.15) is 29.0 Å². The molecule has 20 heavy (non-hydrogen) atoms. The van der Waals surface area contributed by atoms with Gasteiger partial charge in [-0.15, -0.1) is 11.3 Å². The number of rotatable bonds is 5. The fourth-order valence-corrected chi connectivity index (χ4v) is 3.72. The van der Waals surface area contributed by atoms with E-state index in [4.69, 9.17) is 0 Å². The topological polar surface area (TPSA) is 12.0 Å². The van der Waals surface area contributed by atoms with Crippen LogP contribution in [-0.4, -0.2) is 6.54 Å². The molecule has 1 heterocycles. The minimum atomic E-state index is -0.802. The number of hydrogen-bond donors (Lipinski definition) is 1. The lowest BCUT2D eigenvalue weighted by Gasteiger charge is -2.16. The average molecular weight is 360 g/mol. The van der Waals surface area contributed by atoms with Crippen LogP contribution in [0.2, 0.25) is 0 Å². The minimum absolute atomic E-state index is 0.111. The highest BCUT2D eigenvalue weighted by molar-refractivity contribution is 9.11. The highest BCUT2D eigenvalue weighted by Crippen LogP contribution is 2.33. The van der Waals surface area contributed by atoms with Gasteiger partial charge in [0.1, 0.15) is 0 Å². The van der Waals surface area contributed by atoms with Crippen molar-refractivity contribution < 1.29 is 8.78 Å². The highest BCUT2D eigenvalue weighted by Gasteiger charge is 2.16. The lowest BCUT2D eigenvalue weighted by molar-refractivity contribution is 0.503. The first-order valence-corrected chi connectivity index (χ1v) is 8.05. The number of benzene rings is 1. The summed E-state index contributed by atoms with van der Waals surface area (Å²) in [6.45, 7) is 4.90. The predicted octanol–water partition coefficient (Wildman–Crippen LogP) is 4.99. The van der Waals surface area contributed by atoms with Crippen LogP contribution < -0.4 is 5.32 Å². The van der Waals surface area contributed by atoms with Crippen molar-refractivity contribution in [2.75, 3.05) is 6.54 Å². The van der Waals surface area contributed by atoms with Crippen molar-refractivity contribution in [3.63, 3.8) is 0 Å². The van der Waals surface area contributed by atoms with E-state index in [0.717, 1.165) is 15.9 Å². The number of nitrogens with one attached hydrogen (secondary N) is 1. The smallest absolute Gasteiger partial charge is 0.159 e. The molecule has 0 aliphatic rings. The maximum atomic E-state index is 13.3. The number of hydrogen-bond acceptors (Lipinski definition) is 2. The summed E-state index contributed by atoms with van der Waals surface area (Å²) in [5, 5.41) is 3.40. The summed E-state index contributed by atoms with van der Waals surface area (Å²) in [6.07, 6.45) is 0.636. The van der Waals surface area contributed by atoms with Gasteiger partial charge in [0, 0.05) is 10.9 Å². The summed E-state index contributed by atoms with van der Waals surface area (Å²) in [6, 6.07) is 6.33. The van der Waals surface area contributed by atoms with Crippen molar-refractivity contribution in [3.8, 4) is 0 Å². The Labute approximate surface area is 130 Å². The number of halogens is 3. The Kier molecular flexibility index (Phi) is 5.29. The van der Waals surface area contributed by atoms with E-state index >= 15 is 0 Å². The zero-order valence-corrected chi connectivity index (χ0v) is 13.7. The SMILES string of the molecule is CCNC(Cc1ccc(F)c(F)c1)c1cc(C)c(Br)s1. The van der Waals surface area contributed by atoms with Gasteiger partial charge in [-0.3, -0.25) is 0 Å². The largest absolute Gasteiger partial charge is 0.309 e. The molecule has 0 aliphatic carbocycles. The number of likely N-dealkylation sites (N-methyl/N-ethyl adjacent to an activating group) is 1.